The number of hydrogen-bond donors (Lipinski definition) is 6. The van der Waals surface area contributed by atoms with Gasteiger partial charge in [0.25, 0.3) is 0 Å². The van der Waals surface area contributed by atoms with Crippen molar-refractivity contribution in [3.8, 4) is 0 Å². The van der Waals surface area contributed by atoms with Crippen molar-refractivity contribution in [2.45, 2.75) is 34.7 Å². The number of hydrazine groups is 1. The minimum Gasteiger partial charge on any atom is -0.609 e. The van der Waals surface area contributed by atoms with Gasteiger partial charge in [-0.2, -0.15) is 0 Å². The number of rotatable bonds is 8. The van der Waals surface area contributed by atoms with Crippen molar-refractivity contribution in [2.75, 3.05) is 13.7 Å². The smallest absolute Gasteiger partial charge is 0.249 e. The largest absolute Gasteiger partial charge is 0.609 e. The van der Waals surface area contributed by atoms with Crippen molar-refractivity contribution in [1.29, 1.82) is 0 Å². The molecule has 0 bridgehead atoms. The van der Waals surface area contributed by atoms with E-state index in [2.05, 4.69) is 16.2 Å². The first-order chi connectivity index (χ1) is 16.6. The molecule has 192 valence electrons. The summed E-state index contributed by atoms with van der Waals surface area (Å²) < 4.78 is 59.4. The van der Waals surface area contributed by atoms with Crippen molar-refractivity contribution >= 4 is 40.1 Å². The van der Waals surface area contributed by atoms with Gasteiger partial charge in [-0.15, -0.1) is 0 Å². The summed E-state index contributed by atoms with van der Waals surface area (Å²) in [5.41, 5.74) is 3.66. The van der Waals surface area contributed by atoms with Gasteiger partial charge in [-0.25, -0.2) is 18.6 Å². The zero-order chi connectivity index (χ0) is 25.9. The van der Waals surface area contributed by atoms with E-state index in [0.29, 0.717) is 0 Å². The van der Waals surface area contributed by atoms with E-state index in [1.165, 1.54) is 31.4 Å². The van der Waals surface area contributed by atoms with E-state index in [0.717, 1.165) is 12.1 Å². The van der Waals surface area contributed by atoms with Crippen LogP contribution in [-0.2, 0) is 15.9 Å². The molecule has 1 aliphatic rings. The standard InChI is InChI=1S/C21H22Cl2F3N3O5S/c1-27-29-15(9-4-13(24)17(26)14(25)5-9)7-28-18-19(31)16(8-30)34-21(20(18)32)35(33)10-2-3-11(22)12(23)6-10/h2-7,16,18-21,27-32H,8H2,1H3/b15-7-/t16?,18?,19-,20?,21+,35?/m0/s1. The van der Waals surface area contributed by atoms with Gasteiger partial charge in [-0.05, 0) is 24.3 Å². The van der Waals surface area contributed by atoms with E-state index in [-0.39, 0.29) is 26.2 Å². The molecule has 35 heavy (non-hydrogen) atoms. The summed E-state index contributed by atoms with van der Waals surface area (Å²) in [6.45, 7) is -0.666. The van der Waals surface area contributed by atoms with E-state index in [1.54, 1.807) is 0 Å². The van der Waals surface area contributed by atoms with Crippen molar-refractivity contribution in [2.24, 2.45) is 0 Å². The second kappa shape index (κ2) is 12.0. The summed E-state index contributed by atoms with van der Waals surface area (Å²) >= 11 is 9.87. The van der Waals surface area contributed by atoms with Gasteiger partial charge in [0.05, 0.1) is 28.4 Å². The second-order valence-electron chi connectivity index (χ2n) is 7.46. The molecule has 2 aromatic rings. The number of aliphatic hydroxyl groups is 3. The normalized spacial score (nSPS) is 25.9. The molecule has 8 nitrogen and oxygen atoms in total. The van der Waals surface area contributed by atoms with E-state index in [4.69, 9.17) is 27.9 Å². The Labute approximate surface area is 211 Å². The predicted octanol–water partition coefficient (Wildman–Crippen LogP) is 1.64. The monoisotopic (exact) mass is 555 g/mol. The number of hydrogen-bond acceptors (Lipinski definition) is 8. The quantitative estimate of drug-likeness (QED) is 0.165. The minimum absolute atomic E-state index is 0.0129. The maximum absolute atomic E-state index is 13.7. The first-order valence-corrected chi connectivity index (χ1v) is 12.1. The van der Waals surface area contributed by atoms with E-state index >= 15 is 0 Å². The molecular weight excluding hydrogens is 534 g/mol. The lowest BCUT2D eigenvalue weighted by atomic mass is 9.97. The molecule has 6 atom stereocenters. The highest BCUT2D eigenvalue weighted by molar-refractivity contribution is 7.92. The highest BCUT2D eigenvalue weighted by atomic mass is 35.5. The average molecular weight is 556 g/mol. The number of ether oxygens (including phenoxy) is 1. The SMILES string of the molecule is CNN/C(=C\NC1C(O)[C@@H]([S+]([O-])c2ccc(Cl)c(Cl)c2)OC(CO)[C@@H]1O)c1cc(F)c(F)c(F)c1. The van der Waals surface area contributed by atoms with Crippen LogP contribution in [0.5, 0.6) is 0 Å². The van der Waals surface area contributed by atoms with Gasteiger partial charge in [0.15, 0.2) is 28.5 Å². The fourth-order valence-electron chi connectivity index (χ4n) is 3.41. The van der Waals surface area contributed by atoms with E-state index in [1.807, 2.05) is 0 Å². The Morgan fingerprint density at radius 1 is 1.11 bits per heavy atom. The van der Waals surface area contributed by atoms with Crippen molar-refractivity contribution in [3.63, 3.8) is 0 Å². The summed E-state index contributed by atoms with van der Waals surface area (Å²) in [7, 11) is 1.46. The molecule has 4 unspecified atom stereocenters. The molecule has 0 aliphatic carbocycles. The molecule has 6 N–H and O–H groups in total. The first-order valence-electron chi connectivity index (χ1n) is 10.1. The molecule has 14 heteroatoms. The van der Waals surface area contributed by atoms with Crippen LogP contribution in [-0.4, -0.2) is 63.3 Å². The topological polar surface area (TPSA) is 129 Å². The molecule has 0 aromatic heterocycles. The Morgan fingerprint density at radius 3 is 2.34 bits per heavy atom. The zero-order valence-electron chi connectivity index (χ0n) is 18.0. The summed E-state index contributed by atoms with van der Waals surface area (Å²) in [6.07, 6.45) is -3.14. The zero-order valence-corrected chi connectivity index (χ0v) is 20.3. The van der Waals surface area contributed by atoms with Gasteiger partial charge >= 0.3 is 0 Å². The summed E-state index contributed by atoms with van der Waals surface area (Å²) in [4.78, 5) is 0.181. The van der Waals surface area contributed by atoms with Crippen molar-refractivity contribution < 1.29 is 37.8 Å². The van der Waals surface area contributed by atoms with Gasteiger partial charge < -0.3 is 35.4 Å². The molecule has 1 saturated heterocycles. The third-order valence-electron chi connectivity index (χ3n) is 5.19. The highest BCUT2D eigenvalue weighted by Gasteiger charge is 2.50. The van der Waals surface area contributed by atoms with Crippen LogP contribution in [0, 0.1) is 17.5 Å². The Hall–Kier alpha value is -1.74. The van der Waals surface area contributed by atoms with Crippen LogP contribution in [0.4, 0.5) is 13.2 Å². The molecule has 0 saturated carbocycles. The maximum Gasteiger partial charge on any atom is 0.249 e. The van der Waals surface area contributed by atoms with Gasteiger partial charge in [0.2, 0.25) is 5.44 Å². The van der Waals surface area contributed by atoms with Crippen LogP contribution < -0.4 is 16.2 Å². The molecule has 0 amide bonds. The average Bonchev–Trinajstić information content (AvgIpc) is 2.83. The lowest BCUT2D eigenvalue weighted by molar-refractivity contribution is -0.167. The van der Waals surface area contributed by atoms with Gasteiger partial charge in [0, 0.05) is 36.1 Å². The molecule has 2 aromatic carbocycles. The van der Waals surface area contributed by atoms with Crippen LogP contribution >= 0.6 is 23.2 Å². The molecule has 0 radical (unpaired) electrons. The third kappa shape index (κ3) is 6.16. The molecular formula is C21H22Cl2F3N3O5S. The first kappa shape index (κ1) is 27.8. The molecule has 1 fully saturated rings. The fraction of sp³-hybridized carbons (Fsp3) is 0.333. The number of benzene rings is 2. The Bertz CT molecular complexity index is 1060. The molecule has 3 rings (SSSR count). The van der Waals surface area contributed by atoms with Crippen LogP contribution in [0.1, 0.15) is 5.56 Å². The Balaban J connectivity index is 1.90. The van der Waals surface area contributed by atoms with Crippen LogP contribution in [0.25, 0.3) is 5.70 Å². The van der Waals surface area contributed by atoms with E-state index in [9.17, 15) is 33.0 Å². The van der Waals surface area contributed by atoms with E-state index < -0.39 is 65.0 Å². The summed E-state index contributed by atoms with van der Waals surface area (Å²) in [6, 6.07) is 4.41. The number of nitrogens with one attached hydrogen (secondary N) is 3. The lowest BCUT2D eigenvalue weighted by Gasteiger charge is -2.42. The van der Waals surface area contributed by atoms with Crippen molar-refractivity contribution in [3.05, 3.63) is 69.6 Å². The number of halogens is 5. The summed E-state index contributed by atoms with van der Waals surface area (Å²) in [5, 5.41) is 34.2. The minimum atomic E-state index is -2.01. The fourth-order valence-corrected chi connectivity index (χ4v) is 5.15. The summed E-state index contributed by atoms with van der Waals surface area (Å²) in [5.74, 6) is -4.49. The van der Waals surface area contributed by atoms with Crippen LogP contribution in [0.3, 0.4) is 0 Å². The van der Waals surface area contributed by atoms with Gasteiger partial charge in [0.1, 0.15) is 12.2 Å². The Morgan fingerprint density at radius 2 is 1.77 bits per heavy atom. The maximum atomic E-state index is 13.7. The third-order valence-corrected chi connectivity index (χ3v) is 7.46. The molecule has 0 spiro atoms. The van der Waals surface area contributed by atoms with Gasteiger partial charge in [-0.1, -0.05) is 23.2 Å². The molecule has 1 heterocycles. The number of aliphatic hydroxyl groups excluding tert-OH is 3. The van der Waals surface area contributed by atoms with Crippen molar-refractivity contribution in [1.82, 2.24) is 16.2 Å². The van der Waals surface area contributed by atoms with Crippen LogP contribution in [0.2, 0.25) is 10.0 Å². The Kier molecular flexibility index (Phi) is 9.54. The molecule has 1 aliphatic heterocycles. The highest BCUT2D eigenvalue weighted by Crippen LogP contribution is 2.32. The predicted molar refractivity (Wildman–Crippen MR) is 124 cm³/mol. The lowest BCUT2D eigenvalue weighted by Crippen LogP contribution is -2.64. The van der Waals surface area contributed by atoms with Gasteiger partial charge in [-0.3, -0.25) is 0 Å². The second-order valence-corrected chi connectivity index (χ2v) is 9.80. The van der Waals surface area contributed by atoms with Crippen LogP contribution in [0.15, 0.2) is 41.4 Å².